The first-order valence-electron chi connectivity index (χ1n) is 6.85. The summed E-state index contributed by atoms with van der Waals surface area (Å²) in [5, 5.41) is 4.93. The van der Waals surface area contributed by atoms with Crippen LogP contribution < -0.4 is 5.32 Å². The minimum absolute atomic E-state index is 0.0665. The predicted octanol–water partition coefficient (Wildman–Crippen LogP) is 5.39. The molecule has 3 rings (SSSR count). The van der Waals surface area contributed by atoms with Crippen molar-refractivity contribution in [2.24, 2.45) is 0 Å². The van der Waals surface area contributed by atoms with Gasteiger partial charge >= 0.3 is 0 Å². The zero-order chi connectivity index (χ0) is 15.4. The van der Waals surface area contributed by atoms with Crippen LogP contribution in [0.15, 0.2) is 70.9 Å². The average molecular weight is 325 g/mol. The molecule has 0 radical (unpaired) electrons. The van der Waals surface area contributed by atoms with Crippen molar-refractivity contribution in [2.45, 2.75) is 4.90 Å². The summed E-state index contributed by atoms with van der Waals surface area (Å²) in [5.41, 5.74) is 3.02. The second-order valence-corrected chi connectivity index (χ2v) is 6.54. The maximum Gasteiger partial charge on any atom is 0.265 e. The van der Waals surface area contributed by atoms with E-state index in [0.29, 0.717) is 4.88 Å². The molecule has 3 aromatic rings. The van der Waals surface area contributed by atoms with Crippen LogP contribution in [-0.2, 0) is 0 Å². The molecular formula is C18H15NOS2. The number of amides is 1. The van der Waals surface area contributed by atoms with E-state index in [1.54, 1.807) is 11.8 Å². The van der Waals surface area contributed by atoms with Crippen molar-refractivity contribution in [1.82, 2.24) is 0 Å². The van der Waals surface area contributed by atoms with Crippen LogP contribution in [0.1, 0.15) is 9.67 Å². The molecule has 0 unspecified atom stereocenters. The Morgan fingerprint density at radius 3 is 2.41 bits per heavy atom. The van der Waals surface area contributed by atoms with Crippen LogP contribution in [0.4, 0.5) is 5.69 Å². The molecule has 110 valence electrons. The van der Waals surface area contributed by atoms with E-state index in [1.165, 1.54) is 16.2 Å². The van der Waals surface area contributed by atoms with Gasteiger partial charge in [0.15, 0.2) is 0 Å². The lowest BCUT2D eigenvalue weighted by molar-refractivity contribution is 0.103. The van der Waals surface area contributed by atoms with Crippen LogP contribution in [0.25, 0.3) is 11.1 Å². The SMILES string of the molecule is CSc1ccc(-c2csc(C(=O)Nc3ccccc3)c2)cc1. The summed E-state index contributed by atoms with van der Waals surface area (Å²) in [4.78, 5) is 14.2. The molecule has 0 bridgehead atoms. The number of rotatable bonds is 4. The third-order valence-corrected chi connectivity index (χ3v) is 4.95. The Kier molecular flexibility index (Phi) is 4.61. The summed E-state index contributed by atoms with van der Waals surface area (Å²) >= 11 is 3.19. The number of anilines is 1. The van der Waals surface area contributed by atoms with E-state index in [9.17, 15) is 4.79 Å². The quantitative estimate of drug-likeness (QED) is 0.652. The Morgan fingerprint density at radius 2 is 1.73 bits per heavy atom. The van der Waals surface area contributed by atoms with Crippen molar-refractivity contribution in [1.29, 1.82) is 0 Å². The standard InChI is InChI=1S/C18H15NOS2/c1-21-16-9-7-13(8-10-16)14-11-17(22-12-14)18(20)19-15-5-3-2-4-6-15/h2-12H,1H3,(H,19,20). The third-order valence-electron chi connectivity index (χ3n) is 3.28. The second kappa shape index (κ2) is 6.81. The molecule has 0 atom stereocenters. The van der Waals surface area contributed by atoms with Gasteiger partial charge in [0.2, 0.25) is 0 Å². The maximum absolute atomic E-state index is 12.3. The van der Waals surface area contributed by atoms with E-state index < -0.39 is 0 Å². The average Bonchev–Trinajstić information content (AvgIpc) is 3.06. The van der Waals surface area contributed by atoms with Gasteiger partial charge in [-0.05, 0) is 53.1 Å². The van der Waals surface area contributed by atoms with Crippen LogP contribution in [0.2, 0.25) is 0 Å². The first kappa shape index (κ1) is 14.9. The highest BCUT2D eigenvalue weighted by Gasteiger charge is 2.10. The van der Waals surface area contributed by atoms with Crippen LogP contribution in [0.5, 0.6) is 0 Å². The van der Waals surface area contributed by atoms with E-state index in [1.807, 2.05) is 41.8 Å². The molecule has 22 heavy (non-hydrogen) atoms. The van der Waals surface area contributed by atoms with E-state index in [2.05, 4.69) is 35.8 Å². The molecule has 0 aliphatic carbocycles. The molecule has 0 saturated heterocycles. The van der Waals surface area contributed by atoms with Gasteiger partial charge in [-0.1, -0.05) is 30.3 Å². The second-order valence-electron chi connectivity index (χ2n) is 4.75. The summed E-state index contributed by atoms with van der Waals surface area (Å²) in [6.07, 6.45) is 2.06. The predicted molar refractivity (Wildman–Crippen MR) is 95.9 cm³/mol. The van der Waals surface area contributed by atoms with Crippen molar-refractivity contribution in [3.8, 4) is 11.1 Å². The summed E-state index contributed by atoms with van der Waals surface area (Å²) in [6, 6.07) is 19.8. The van der Waals surface area contributed by atoms with Crippen LogP contribution >= 0.6 is 23.1 Å². The van der Waals surface area contributed by atoms with Gasteiger partial charge in [-0.15, -0.1) is 23.1 Å². The monoisotopic (exact) mass is 325 g/mol. The largest absolute Gasteiger partial charge is 0.321 e. The third kappa shape index (κ3) is 3.40. The molecular weight excluding hydrogens is 310 g/mol. The highest BCUT2D eigenvalue weighted by Crippen LogP contribution is 2.28. The van der Waals surface area contributed by atoms with E-state index in [-0.39, 0.29) is 5.91 Å². The van der Waals surface area contributed by atoms with Crippen molar-refractivity contribution < 1.29 is 4.79 Å². The molecule has 0 saturated carbocycles. The Hall–Kier alpha value is -2.04. The minimum atomic E-state index is -0.0665. The smallest absolute Gasteiger partial charge is 0.265 e. The number of nitrogens with one attached hydrogen (secondary N) is 1. The van der Waals surface area contributed by atoms with E-state index in [4.69, 9.17) is 0 Å². The molecule has 1 aromatic heterocycles. The van der Waals surface area contributed by atoms with Crippen molar-refractivity contribution in [3.05, 3.63) is 70.9 Å². The molecule has 1 heterocycles. The zero-order valence-corrected chi connectivity index (χ0v) is 13.7. The van der Waals surface area contributed by atoms with Crippen LogP contribution in [0, 0.1) is 0 Å². The fourth-order valence-corrected chi connectivity index (χ4v) is 3.32. The lowest BCUT2D eigenvalue weighted by Crippen LogP contribution is -2.09. The Bertz CT molecular complexity index is 763. The van der Waals surface area contributed by atoms with Gasteiger partial charge in [0.1, 0.15) is 0 Å². The molecule has 4 heteroatoms. The molecule has 0 aliphatic heterocycles. The summed E-state index contributed by atoms with van der Waals surface area (Å²) < 4.78 is 0. The highest BCUT2D eigenvalue weighted by molar-refractivity contribution is 7.98. The first-order chi connectivity index (χ1) is 10.8. The van der Waals surface area contributed by atoms with Crippen LogP contribution in [0.3, 0.4) is 0 Å². The normalized spacial score (nSPS) is 10.4. The van der Waals surface area contributed by atoms with Gasteiger partial charge in [0.05, 0.1) is 4.88 Å². The van der Waals surface area contributed by atoms with Gasteiger partial charge in [0.25, 0.3) is 5.91 Å². The lowest BCUT2D eigenvalue weighted by Gasteiger charge is -2.02. The number of para-hydroxylation sites is 1. The zero-order valence-electron chi connectivity index (χ0n) is 12.1. The Balaban J connectivity index is 1.76. The van der Waals surface area contributed by atoms with Crippen molar-refractivity contribution in [2.75, 3.05) is 11.6 Å². The number of thioether (sulfide) groups is 1. The van der Waals surface area contributed by atoms with Gasteiger partial charge in [0, 0.05) is 10.6 Å². The minimum Gasteiger partial charge on any atom is -0.321 e. The number of hydrogen-bond donors (Lipinski definition) is 1. The Morgan fingerprint density at radius 1 is 1.00 bits per heavy atom. The number of hydrogen-bond acceptors (Lipinski definition) is 3. The Labute approximate surface area is 138 Å². The summed E-state index contributed by atoms with van der Waals surface area (Å²) in [7, 11) is 0. The molecule has 1 N–H and O–H groups in total. The molecule has 1 amide bonds. The summed E-state index contributed by atoms with van der Waals surface area (Å²) in [6.45, 7) is 0. The molecule has 2 aromatic carbocycles. The molecule has 0 spiro atoms. The molecule has 0 fully saturated rings. The fourth-order valence-electron chi connectivity index (χ4n) is 2.10. The van der Waals surface area contributed by atoms with Gasteiger partial charge in [-0.25, -0.2) is 0 Å². The number of benzene rings is 2. The van der Waals surface area contributed by atoms with Gasteiger partial charge in [-0.2, -0.15) is 0 Å². The first-order valence-corrected chi connectivity index (χ1v) is 8.96. The maximum atomic E-state index is 12.3. The number of carbonyl (C=O) groups is 1. The highest BCUT2D eigenvalue weighted by atomic mass is 32.2. The van der Waals surface area contributed by atoms with E-state index in [0.717, 1.165) is 16.8 Å². The number of thiophene rings is 1. The van der Waals surface area contributed by atoms with Crippen molar-refractivity contribution in [3.63, 3.8) is 0 Å². The number of carbonyl (C=O) groups excluding carboxylic acids is 1. The van der Waals surface area contributed by atoms with Gasteiger partial charge < -0.3 is 5.32 Å². The topological polar surface area (TPSA) is 29.1 Å². The fraction of sp³-hybridized carbons (Fsp3) is 0.0556. The van der Waals surface area contributed by atoms with Gasteiger partial charge in [-0.3, -0.25) is 4.79 Å². The van der Waals surface area contributed by atoms with Crippen LogP contribution in [-0.4, -0.2) is 12.2 Å². The molecule has 0 aliphatic rings. The summed E-state index contributed by atoms with van der Waals surface area (Å²) in [5.74, 6) is -0.0665. The lowest BCUT2D eigenvalue weighted by atomic mass is 10.1. The van der Waals surface area contributed by atoms with E-state index >= 15 is 0 Å². The van der Waals surface area contributed by atoms with Crippen molar-refractivity contribution >= 4 is 34.7 Å². The molecule has 2 nitrogen and oxygen atoms in total.